The molecule has 0 radical (unpaired) electrons. The van der Waals surface area contributed by atoms with Crippen LogP contribution in [0.1, 0.15) is 30.3 Å². The molecule has 5 nitrogen and oxygen atoms in total. The van der Waals surface area contributed by atoms with Crippen molar-refractivity contribution >= 4 is 11.7 Å². The molecule has 3 N–H and O–H groups in total. The molecule has 98 valence electrons. The van der Waals surface area contributed by atoms with Gasteiger partial charge in [-0.05, 0) is 38.1 Å². The van der Waals surface area contributed by atoms with Crippen molar-refractivity contribution in [3.8, 4) is 0 Å². The van der Waals surface area contributed by atoms with Gasteiger partial charge in [0.25, 0.3) is 5.91 Å². The smallest absolute Gasteiger partial charge is 0.270 e. The molecule has 0 saturated carbocycles. The number of nitrogens with one attached hydrogen (secondary N) is 1. The second kappa shape index (κ2) is 5.82. The lowest BCUT2D eigenvalue weighted by molar-refractivity contribution is 0.0901. The molecule has 0 spiro atoms. The van der Waals surface area contributed by atoms with Gasteiger partial charge in [-0.15, -0.1) is 0 Å². The van der Waals surface area contributed by atoms with E-state index in [1.807, 2.05) is 0 Å². The zero-order chi connectivity index (χ0) is 13.0. The first-order chi connectivity index (χ1) is 8.69. The summed E-state index contributed by atoms with van der Waals surface area (Å²) in [4.78, 5) is 18.4. The lowest BCUT2D eigenvalue weighted by Crippen LogP contribution is -2.47. The molecule has 1 unspecified atom stereocenters. The predicted octanol–water partition coefficient (Wildman–Crippen LogP) is 0.878. The van der Waals surface area contributed by atoms with Crippen molar-refractivity contribution in [3.63, 3.8) is 0 Å². The molecule has 5 heteroatoms. The highest BCUT2D eigenvalue weighted by Gasteiger charge is 2.21. The molecule has 1 saturated heterocycles. The molecule has 1 aromatic heterocycles. The summed E-state index contributed by atoms with van der Waals surface area (Å²) in [6.45, 7) is 5.22. The summed E-state index contributed by atoms with van der Waals surface area (Å²) in [5, 5.41) is 3.03. The molecule has 18 heavy (non-hydrogen) atoms. The number of pyridine rings is 1. The van der Waals surface area contributed by atoms with Crippen LogP contribution < -0.4 is 11.1 Å². The molecular weight excluding hydrogens is 228 g/mol. The first-order valence-electron chi connectivity index (χ1n) is 6.44. The Morgan fingerprint density at radius 1 is 1.61 bits per heavy atom. The van der Waals surface area contributed by atoms with Gasteiger partial charge >= 0.3 is 0 Å². The van der Waals surface area contributed by atoms with Gasteiger partial charge in [-0.25, -0.2) is 4.98 Å². The molecule has 1 atom stereocenters. The molecule has 1 fully saturated rings. The van der Waals surface area contributed by atoms with Crippen molar-refractivity contribution in [2.24, 2.45) is 0 Å². The first kappa shape index (κ1) is 12.8. The Kier molecular flexibility index (Phi) is 4.15. The third kappa shape index (κ3) is 3.20. The second-order valence-corrected chi connectivity index (χ2v) is 4.65. The Morgan fingerprint density at radius 2 is 2.44 bits per heavy atom. The van der Waals surface area contributed by atoms with Gasteiger partial charge in [-0.1, -0.05) is 13.0 Å². The van der Waals surface area contributed by atoms with Gasteiger partial charge in [0.1, 0.15) is 11.5 Å². The van der Waals surface area contributed by atoms with Crippen LogP contribution in [0.4, 0.5) is 5.82 Å². The molecular formula is C13H20N4O. The van der Waals surface area contributed by atoms with E-state index in [1.54, 1.807) is 18.2 Å². The van der Waals surface area contributed by atoms with E-state index >= 15 is 0 Å². The van der Waals surface area contributed by atoms with Crippen molar-refractivity contribution in [1.82, 2.24) is 15.2 Å². The average molecular weight is 248 g/mol. The van der Waals surface area contributed by atoms with E-state index in [-0.39, 0.29) is 11.9 Å². The quantitative estimate of drug-likeness (QED) is 0.833. The predicted molar refractivity (Wildman–Crippen MR) is 71.3 cm³/mol. The lowest BCUT2D eigenvalue weighted by atomic mass is 10.1. The van der Waals surface area contributed by atoms with E-state index in [1.165, 1.54) is 0 Å². The molecule has 1 aliphatic heterocycles. The second-order valence-electron chi connectivity index (χ2n) is 4.65. The highest BCUT2D eigenvalue weighted by molar-refractivity contribution is 5.92. The van der Waals surface area contributed by atoms with Crippen molar-refractivity contribution in [3.05, 3.63) is 23.9 Å². The fourth-order valence-electron chi connectivity index (χ4n) is 2.30. The van der Waals surface area contributed by atoms with Gasteiger partial charge < -0.3 is 16.0 Å². The van der Waals surface area contributed by atoms with Gasteiger partial charge in [0, 0.05) is 12.6 Å². The van der Waals surface area contributed by atoms with Crippen LogP contribution in [0, 0.1) is 0 Å². The van der Waals surface area contributed by atoms with Crippen molar-refractivity contribution in [1.29, 1.82) is 0 Å². The number of carbonyl (C=O) groups excluding carboxylic acids is 1. The van der Waals surface area contributed by atoms with Crippen LogP contribution in [0.25, 0.3) is 0 Å². The number of carbonyl (C=O) groups is 1. The van der Waals surface area contributed by atoms with E-state index in [2.05, 4.69) is 22.1 Å². The third-order valence-corrected chi connectivity index (χ3v) is 3.29. The van der Waals surface area contributed by atoms with Crippen LogP contribution in [0.5, 0.6) is 0 Å². The Balaban J connectivity index is 1.95. The number of piperidine rings is 1. The number of likely N-dealkylation sites (N-methyl/N-ethyl adjacent to an activating group) is 1. The summed E-state index contributed by atoms with van der Waals surface area (Å²) in [6, 6.07) is 5.33. The third-order valence-electron chi connectivity index (χ3n) is 3.29. The van der Waals surface area contributed by atoms with Gasteiger partial charge in [-0.3, -0.25) is 4.79 Å². The largest absolute Gasteiger partial charge is 0.384 e. The summed E-state index contributed by atoms with van der Waals surface area (Å²) in [7, 11) is 0. The topological polar surface area (TPSA) is 71.2 Å². The zero-order valence-corrected chi connectivity index (χ0v) is 10.7. The molecule has 1 amide bonds. The van der Waals surface area contributed by atoms with Gasteiger partial charge in [-0.2, -0.15) is 0 Å². The number of hydrogen-bond acceptors (Lipinski definition) is 4. The molecule has 0 aromatic carbocycles. The number of nitrogens with zero attached hydrogens (tertiary/aromatic N) is 2. The number of nitrogens with two attached hydrogens (primary N) is 1. The van der Waals surface area contributed by atoms with Crippen LogP contribution in [0.15, 0.2) is 18.2 Å². The van der Waals surface area contributed by atoms with E-state index in [4.69, 9.17) is 5.73 Å². The van der Waals surface area contributed by atoms with Gasteiger partial charge in [0.05, 0.1) is 0 Å². The van der Waals surface area contributed by atoms with Crippen molar-refractivity contribution in [2.45, 2.75) is 25.8 Å². The lowest BCUT2D eigenvalue weighted by Gasteiger charge is -2.32. The Bertz CT molecular complexity index is 421. The molecule has 0 aliphatic carbocycles. The number of hydrogen-bond donors (Lipinski definition) is 2. The van der Waals surface area contributed by atoms with E-state index in [0.29, 0.717) is 11.5 Å². The number of rotatable bonds is 3. The number of aromatic nitrogens is 1. The minimum Gasteiger partial charge on any atom is -0.384 e. The summed E-state index contributed by atoms with van der Waals surface area (Å²) >= 11 is 0. The Morgan fingerprint density at radius 3 is 3.17 bits per heavy atom. The first-order valence-corrected chi connectivity index (χ1v) is 6.44. The SMILES string of the molecule is CCN1CCCC(NC(=O)c2cccc(N)n2)C1. The zero-order valence-electron chi connectivity index (χ0n) is 10.7. The number of anilines is 1. The highest BCUT2D eigenvalue weighted by atomic mass is 16.1. The van der Waals surface area contributed by atoms with Crippen molar-refractivity contribution < 1.29 is 4.79 Å². The maximum absolute atomic E-state index is 12.0. The molecule has 0 bridgehead atoms. The van der Waals surface area contributed by atoms with E-state index in [0.717, 1.165) is 32.5 Å². The fraction of sp³-hybridized carbons (Fsp3) is 0.538. The van der Waals surface area contributed by atoms with Crippen LogP contribution in [-0.2, 0) is 0 Å². The van der Waals surface area contributed by atoms with Crippen molar-refractivity contribution in [2.75, 3.05) is 25.4 Å². The average Bonchev–Trinajstić information content (AvgIpc) is 2.39. The summed E-state index contributed by atoms with van der Waals surface area (Å²) < 4.78 is 0. The maximum atomic E-state index is 12.0. The molecule has 2 heterocycles. The van der Waals surface area contributed by atoms with Crippen LogP contribution in [0.2, 0.25) is 0 Å². The maximum Gasteiger partial charge on any atom is 0.270 e. The normalized spacial score (nSPS) is 20.6. The minimum absolute atomic E-state index is 0.134. The van der Waals surface area contributed by atoms with Crippen LogP contribution in [0.3, 0.4) is 0 Å². The molecule has 2 rings (SSSR count). The summed E-state index contributed by atoms with van der Waals surface area (Å²) in [6.07, 6.45) is 2.16. The summed E-state index contributed by atoms with van der Waals surface area (Å²) in [5.41, 5.74) is 5.97. The highest BCUT2D eigenvalue weighted by Crippen LogP contribution is 2.10. The Labute approximate surface area is 107 Å². The Hall–Kier alpha value is -1.62. The number of nitrogen functional groups attached to an aromatic ring is 1. The standard InChI is InChI=1S/C13H20N4O/c1-2-17-8-4-5-10(9-17)15-13(18)11-6-3-7-12(14)16-11/h3,6-7,10H,2,4-5,8-9H2,1H3,(H2,14,16)(H,15,18). The minimum atomic E-state index is -0.134. The van der Waals surface area contributed by atoms with Crippen LogP contribution >= 0.6 is 0 Å². The fourth-order valence-corrected chi connectivity index (χ4v) is 2.30. The molecule has 1 aliphatic rings. The number of likely N-dealkylation sites (tertiary alicyclic amines) is 1. The summed E-state index contributed by atoms with van der Waals surface area (Å²) in [5.74, 6) is 0.242. The van der Waals surface area contributed by atoms with E-state index < -0.39 is 0 Å². The van der Waals surface area contributed by atoms with Crippen LogP contribution in [-0.4, -0.2) is 41.5 Å². The van der Waals surface area contributed by atoms with Gasteiger partial charge in [0.2, 0.25) is 0 Å². The number of amides is 1. The van der Waals surface area contributed by atoms with E-state index in [9.17, 15) is 4.79 Å². The monoisotopic (exact) mass is 248 g/mol. The van der Waals surface area contributed by atoms with Gasteiger partial charge in [0.15, 0.2) is 0 Å². The molecule has 1 aromatic rings.